The Kier molecular flexibility index (Phi) is 3.72. The lowest BCUT2D eigenvalue weighted by atomic mass is 10.1. The number of aromatic amines is 1. The highest BCUT2D eigenvalue weighted by Gasteiger charge is 2.19. The van der Waals surface area contributed by atoms with E-state index in [4.69, 9.17) is 9.97 Å². The maximum absolute atomic E-state index is 5.08. The van der Waals surface area contributed by atoms with Crippen molar-refractivity contribution in [1.82, 2.24) is 15.0 Å². The van der Waals surface area contributed by atoms with Crippen molar-refractivity contribution in [3.05, 3.63) is 97.1 Å². The molecule has 0 saturated carbocycles. The van der Waals surface area contributed by atoms with E-state index in [0.717, 1.165) is 43.9 Å². The molecule has 0 aliphatic rings. The molecule has 0 amide bonds. The minimum absolute atomic E-state index is 0.760. The first kappa shape index (κ1) is 17.6. The Morgan fingerprint density at radius 1 is 0.562 bits per heavy atom. The van der Waals surface area contributed by atoms with Crippen LogP contribution in [0.3, 0.4) is 0 Å². The SMILES string of the molecule is c1ccc(-c2nc(-c3ccccc3)c3sc4c(ccc5[nH]c6ccccc6c54)c3n2)cc1. The van der Waals surface area contributed by atoms with E-state index in [1.165, 1.54) is 20.9 Å². The van der Waals surface area contributed by atoms with Crippen molar-refractivity contribution < 1.29 is 0 Å². The average Bonchev–Trinajstić information content (AvgIpc) is 3.42. The molecule has 0 bridgehead atoms. The predicted molar refractivity (Wildman–Crippen MR) is 135 cm³/mol. The highest BCUT2D eigenvalue weighted by molar-refractivity contribution is 7.27. The minimum atomic E-state index is 0.760. The molecule has 3 nitrogen and oxygen atoms in total. The third kappa shape index (κ3) is 2.53. The topological polar surface area (TPSA) is 41.6 Å². The molecule has 4 aromatic carbocycles. The van der Waals surface area contributed by atoms with Gasteiger partial charge in [0.05, 0.1) is 15.9 Å². The number of para-hydroxylation sites is 1. The molecule has 0 saturated heterocycles. The van der Waals surface area contributed by atoms with Gasteiger partial charge in [-0.3, -0.25) is 0 Å². The van der Waals surface area contributed by atoms with Crippen LogP contribution in [0.1, 0.15) is 0 Å². The summed E-state index contributed by atoms with van der Waals surface area (Å²) in [5, 5.41) is 3.69. The fourth-order valence-corrected chi connectivity index (χ4v) is 5.85. The smallest absolute Gasteiger partial charge is 0.160 e. The van der Waals surface area contributed by atoms with Crippen LogP contribution in [0.4, 0.5) is 0 Å². The van der Waals surface area contributed by atoms with Crippen molar-refractivity contribution in [3.63, 3.8) is 0 Å². The van der Waals surface area contributed by atoms with E-state index in [9.17, 15) is 0 Å². The largest absolute Gasteiger partial charge is 0.354 e. The quantitative estimate of drug-likeness (QED) is 0.306. The summed E-state index contributed by atoms with van der Waals surface area (Å²) in [5.74, 6) is 0.760. The van der Waals surface area contributed by atoms with E-state index in [0.29, 0.717) is 0 Å². The number of rotatable bonds is 2. The van der Waals surface area contributed by atoms with Gasteiger partial charge in [-0.15, -0.1) is 11.3 Å². The number of aromatic nitrogens is 3. The molecule has 1 N–H and O–H groups in total. The molecule has 150 valence electrons. The summed E-state index contributed by atoms with van der Waals surface area (Å²) in [6.45, 7) is 0. The van der Waals surface area contributed by atoms with Crippen molar-refractivity contribution >= 4 is 53.4 Å². The molecular formula is C28H17N3S. The average molecular weight is 428 g/mol. The van der Waals surface area contributed by atoms with Gasteiger partial charge in [0.2, 0.25) is 0 Å². The third-order valence-corrected chi connectivity index (χ3v) is 7.25. The first-order chi connectivity index (χ1) is 15.9. The number of nitrogens with zero attached hydrogens (tertiary/aromatic N) is 2. The zero-order valence-electron chi connectivity index (χ0n) is 17.0. The minimum Gasteiger partial charge on any atom is -0.354 e. The number of fused-ring (bicyclic) bond motifs is 7. The first-order valence-corrected chi connectivity index (χ1v) is 11.4. The molecule has 0 fully saturated rings. The number of benzene rings is 4. The monoisotopic (exact) mass is 427 g/mol. The van der Waals surface area contributed by atoms with Crippen LogP contribution in [0, 0.1) is 0 Å². The molecule has 0 unspecified atom stereocenters. The second-order valence-electron chi connectivity index (χ2n) is 7.94. The van der Waals surface area contributed by atoms with Crippen LogP contribution in [0.5, 0.6) is 0 Å². The van der Waals surface area contributed by atoms with Gasteiger partial charge in [0, 0.05) is 43.0 Å². The van der Waals surface area contributed by atoms with E-state index in [2.05, 4.69) is 77.8 Å². The summed E-state index contributed by atoms with van der Waals surface area (Å²) in [5.41, 5.74) is 6.46. The molecule has 0 aliphatic heterocycles. The van der Waals surface area contributed by atoms with Gasteiger partial charge in [-0.2, -0.15) is 0 Å². The molecule has 32 heavy (non-hydrogen) atoms. The zero-order valence-corrected chi connectivity index (χ0v) is 17.9. The molecule has 7 rings (SSSR count). The maximum atomic E-state index is 5.08. The Morgan fingerprint density at radius 3 is 2.09 bits per heavy atom. The standard InChI is InChI=1S/C28H17N3S/c1-3-9-17(10-4-1)24-27-25(31-28(30-24)18-11-5-2-6-12-18)20-15-16-22-23(26(20)32-27)19-13-7-8-14-21(19)29-22/h1-16,29H. The van der Waals surface area contributed by atoms with Gasteiger partial charge in [0.1, 0.15) is 0 Å². The number of thiophene rings is 1. The van der Waals surface area contributed by atoms with Gasteiger partial charge in [-0.05, 0) is 18.2 Å². The van der Waals surface area contributed by atoms with Crippen LogP contribution in [0.15, 0.2) is 97.1 Å². The summed E-state index contributed by atoms with van der Waals surface area (Å²) >= 11 is 1.79. The highest BCUT2D eigenvalue weighted by atomic mass is 32.1. The molecule has 7 aromatic rings. The van der Waals surface area contributed by atoms with E-state index in [-0.39, 0.29) is 0 Å². The highest BCUT2D eigenvalue weighted by Crippen LogP contribution is 2.43. The second-order valence-corrected chi connectivity index (χ2v) is 8.96. The molecule has 0 atom stereocenters. The fourth-order valence-electron chi connectivity index (χ4n) is 4.54. The van der Waals surface area contributed by atoms with Gasteiger partial charge in [-0.1, -0.05) is 78.9 Å². The molecule has 3 heterocycles. The molecule has 4 heteroatoms. The Balaban J connectivity index is 1.65. The molecule has 0 spiro atoms. The van der Waals surface area contributed by atoms with E-state index in [1.807, 2.05) is 24.3 Å². The molecule has 0 radical (unpaired) electrons. The van der Waals surface area contributed by atoms with Gasteiger partial charge in [0.15, 0.2) is 5.82 Å². The summed E-state index contributed by atoms with van der Waals surface area (Å²) in [7, 11) is 0. The zero-order chi connectivity index (χ0) is 21.1. The number of H-pyrrole nitrogens is 1. The summed E-state index contributed by atoms with van der Waals surface area (Å²) < 4.78 is 2.38. The van der Waals surface area contributed by atoms with Crippen LogP contribution in [0.2, 0.25) is 0 Å². The normalized spacial score (nSPS) is 11.8. The van der Waals surface area contributed by atoms with Crippen LogP contribution in [-0.4, -0.2) is 15.0 Å². The van der Waals surface area contributed by atoms with E-state index >= 15 is 0 Å². The van der Waals surface area contributed by atoms with Crippen LogP contribution in [-0.2, 0) is 0 Å². The second kappa shape index (κ2) is 6.74. The van der Waals surface area contributed by atoms with E-state index in [1.54, 1.807) is 11.3 Å². The first-order valence-electron chi connectivity index (χ1n) is 10.6. The van der Waals surface area contributed by atoms with Crippen LogP contribution < -0.4 is 0 Å². The van der Waals surface area contributed by atoms with Gasteiger partial charge < -0.3 is 4.98 Å². The third-order valence-electron chi connectivity index (χ3n) is 6.03. The van der Waals surface area contributed by atoms with Crippen molar-refractivity contribution in [2.75, 3.05) is 0 Å². The summed E-state index contributed by atoms with van der Waals surface area (Å²) in [6, 6.07) is 33.5. The van der Waals surface area contributed by atoms with Crippen LogP contribution >= 0.6 is 11.3 Å². The Hall–Kier alpha value is -4.02. The maximum Gasteiger partial charge on any atom is 0.160 e. The van der Waals surface area contributed by atoms with Crippen LogP contribution in [0.25, 0.3) is 64.8 Å². The molecule has 0 aliphatic carbocycles. The van der Waals surface area contributed by atoms with Crippen molar-refractivity contribution in [2.45, 2.75) is 0 Å². The lowest BCUT2D eigenvalue weighted by Crippen LogP contribution is -1.93. The number of nitrogens with one attached hydrogen (secondary N) is 1. The van der Waals surface area contributed by atoms with E-state index < -0.39 is 0 Å². The fraction of sp³-hybridized carbons (Fsp3) is 0. The Bertz CT molecular complexity index is 1760. The van der Waals surface area contributed by atoms with Crippen molar-refractivity contribution in [3.8, 4) is 22.6 Å². The Morgan fingerprint density at radius 2 is 1.28 bits per heavy atom. The van der Waals surface area contributed by atoms with Gasteiger partial charge in [-0.25, -0.2) is 9.97 Å². The summed E-state index contributed by atoms with van der Waals surface area (Å²) in [6.07, 6.45) is 0. The lowest BCUT2D eigenvalue weighted by Gasteiger charge is -2.06. The lowest BCUT2D eigenvalue weighted by molar-refractivity contribution is 1.24. The molecule has 3 aromatic heterocycles. The van der Waals surface area contributed by atoms with Crippen molar-refractivity contribution in [1.29, 1.82) is 0 Å². The number of hydrogen-bond donors (Lipinski definition) is 1. The van der Waals surface area contributed by atoms with Crippen molar-refractivity contribution in [2.24, 2.45) is 0 Å². The predicted octanol–water partition coefficient (Wildman–Crippen LogP) is 7.81. The Labute approximate surface area is 188 Å². The molecular weight excluding hydrogens is 410 g/mol. The summed E-state index contributed by atoms with van der Waals surface area (Å²) in [4.78, 5) is 13.7. The van der Waals surface area contributed by atoms with Gasteiger partial charge in [0.25, 0.3) is 0 Å². The number of hydrogen-bond acceptors (Lipinski definition) is 3. The van der Waals surface area contributed by atoms with Gasteiger partial charge >= 0.3 is 0 Å².